The highest BCUT2D eigenvalue weighted by Gasteiger charge is 2.07. The van der Waals surface area contributed by atoms with Gasteiger partial charge in [-0.15, -0.1) is 0 Å². The number of carbonyl (C=O) groups excluding carboxylic acids is 2. The lowest BCUT2D eigenvalue weighted by molar-refractivity contribution is -0.147. The largest absolute Gasteiger partial charge is 0.455 e. The molecule has 0 radical (unpaired) electrons. The summed E-state index contributed by atoms with van der Waals surface area (Å²) in [6.45, 7) is 2.09. The minimum absolute atomic E-state index is 0.139. The van der Waals surface area contributed by atoms with Crippen molar-refractivity contribution in [3.63, 3.8) is 0 Å². The van der Waals surface area contributed by atoms with E-state index in [-0.39, 0.29) is 18.9 Å². The average Bonchev–Trinajstić information content (AvgIpc) is 2.30. The Labute approximate surface area is 99.9 Å². The van der Waals surface area contributed by atoms with Crippen LogP contribution in [-0.4, -0.2) is 25.0 Å². The maximum absolute atomic E-state index is 11.4. The molecule has 0 saturated heterocycles. The Morgan fingerprint density at radius 3 is 2.53 bits per heavy atom. The summed E-state index contributed by atoms with van der Waals surface area (Å²) in [7, 11) is 0. The highest BCUT2D eigenvalue weighted by molar-refractivity contribution is 5.81. The zero-order valence-electron chi connectivity index (χ0n) is 9.73. The number of likely N-dealkylation sites (N-methyl/N-ethyl adjacent to an activating group) is 1. The van der Waals surface area contributed by atoms with Crippen LogP contribution in [-0.2, 0) is 20.7 Å². The number of esters is 1. The van der Waals surface area contributed by atoms with Crippen molar-refractivity contribution >= 4 is 17.6 Å². The Kier molecular flexibility index (Phi) is 5.00. The lowest BCUT2D eigenvalue weighted by atomic mass is 10.1. The molecule has 0 aliphatic rings. The van der Waals surface area contributed by atoms with Gasteiger partial charge in [-0.05, 0) is 24.6 Å². The van der Waals surface area contributed by atoms with Gasteiger partial charge in [0.1, 0.15) is 0 Å². The molecular weight excluding hydrogens is 220 g/mol. The van der Waals surface area contributed by atoms with Crippen LogP contribution in [0.2, 0.25) is 0 Å². The molecule has 1 rings (SSSR count). The van der Waals surface area contributed by atoms with E-state index in [4.69, 9.17) is 10.5 Å². The average molecular weight is 236 g/mol. The molecule has 3 N–H and O–H groups in total. The molecule has 0 aliphatic heterocycles. The minimum atomic E-state index is -0.430. The van der Waals surface area contributed by atoms with Crippen LogP contribution in [0, 0.1) is 0 Å². The fourth-order valence-electron chi connectivity index (χ4n) is 1.25. The third-order valence-corrected chi connectivity index (χ3v) is 2.07. The van der Waals surface area contributed by atoms with E-state index in [1.165, 1.54) is 0 Å². The van der Waals surface area contributed by atoms with E-state index < -0.39 is 5.97 Å². The molecule has 0 bridgehead atoms. The van der Waals surface area contributed by atoms with Gasteiger partial charge in [-0.25, -0.2) is 0 Å². The van der Waals surface area contributed by atoms with Gasteiger partial charge >= 0.3 is 5.97 Å². The molecule has 0 unspecified atom stereocenters. The molecule has 0 aromatic heterocycles. The maximum Gasteiger partial charge on any atom is 0.310 e. The Hall–Kier alpha value is -2.04. The number of benzene rings is 1. The van der Waals surface area contributed by atoms with Crippen LogP contribution in [0.25, 0.3) is 0 Å². The zero-order valence-corrected chi connectivity index (χ0v) is 9.73. The van der Waals surface area contributed by atoms with Crippen molar-refractivity contribution in [2.24, 2.45) is 0 Å². The van der Waals surface area contributed by atoms with E-state index in [9.17, 15) is 9.59 Å². The van der Waals surface area contributed by atoms with Gasteiger partial charge in [-0.1, -0.05) is 12.1 Å². The second-order valence-corrected chi connectivity index (χ2v) is 3.53. The highest BCUT2D eigenvalue weighted by Crippen LogP contribution is 2.06. The fourth-order valence-corrected chi connectivity index (χ4v) is 1.25. The van der Waals surface area contributed by atoms with Crippen LogP contribution < -0.4 is 11.1 Å². The van der Waals surface area contributed by atoms with E-state index in [2.05, 4.69) is 5.32 Å². The Bertz CT molecular complexity index is 387. The molecular formula is C12H16N2O3. The van der Waals surface area contributed by atoms with Gasteiger partial charge in [0.05, 0.1) is 6.42 Å². The first-order valence-corrected chi connectivity index (χ1v) is 5.38. The molecule has 1 aromatic carbocycles. The number of anilines is 1. The van der Waals surface area contributed by atoms with Gasteiger partial charge in [0.2, 0.25) is 0 Å². The molecule has 0 spiro atoms. The number of rotatable bonds is 5. The van der Waals surface area contributed by atoms with Crippen LogP contribution in [0.1, 0.15) is 12.5 Å². The number of nitrogens with two attached hydrogens (primary N) is 1. The molecule has 17 heavy (non-hydrogen) atoms. The van der Waals surface area contributed by atoms with Crippen molar-refractivity contribution in [2.45, 2.75) is 13.3 Å². The topological polar surface area (TPSA) is 81.4 Å². The monoisotopic (exact) mass is 236 g/mol. The second-order valence-electron chi connectivity index (χ2n) is 3.53. The van der Waals surface area contributed by atoms with Crippen LogP contribution >= 0.6 is 0 Å². The Morgan fingerprint density at radius 2 is 1.94 bits per heavy atom. The summed E-state index contributed by atoms with van der Waals surface area (Å²) in [6.07, 6.45) is 0.139. The third-order valence-electron chi connectivity index (χ3n) is 2.07. The number of carbonyl (C=O) groups is 2. The Balaban J connectivity index is 2.34. The number of hydrogen-bond donors (Lipinski definition) is 2. The Morgan fingerprint density at radius 1 is 1.29 bits per heavy atom. The predicted molar refractivity (Wildman–Crippen MR) is 64.2 cm³/mol. The van der Waals surface area contributed by atoms with Crippen molar-refractivity contribution in [1.82, 2.24) is 5.32 Å². The standard InChI is InChI=1S/C12H16N2O3/c1-2-14-11(15)8-17-12(16)7-9-3-5-10(13)6-4-9/h3-6H,2,7-8,13H2,1H3,(H,14,15). The zero-order chi connectivity index (χ0) is 12.7. The summed E-state index contributed by atoms with van der Waals surface area (Å²) in [5, 5.41) is 2.54. The normalized spacial score (nSPS) is 9.71. The van der Waals surface area contributed by atoms with Gasteiger partial charge in [-0.2, -0.15) is 0 Å². The molecule has 5 nitrogen and oxygen atoms in total. The van der Waals surface area contributed by atoms with Crippen molar-refractivity contribution in [1.29, 1.82) is 0 Å². The minimum Gasteiger partial charge on any atom is -0.455 e. The molecule has 92 valence electrons. The first-order chi connectivity index (χ1) is 8.11. The number of amides is 1. The van der Waals surface area contributed by atoms with Gasteiger partial charge in [0, 0.05) is 12.2 Å². The highest BCUT2D eigenvalue weighted by atomic mass is 16.5. The van der Waals surface area contributed by atoms with E-state index in [0.29, 0.717) is 12.2 Å². The summed E-state index contributed by atoms with van der Waals surface area (Å²) >= 11 is 0. The first kappa shape index (κ1) is 13.0. The summed E-state index contributed by atoms with van der Waals surface area (Å²) in [5.74, 6) is -0.723. The summed E-state index contributed by atoms with van der Waals surface area (Å²) in [5.41, 5.74) is 6.97. The molecule has 5 heteroatoms. The summed E-state index contributed by atoms with van der Waals surface area (Å²) in [6, 6.07) is 6.93. The quantitative estimate of drug-likeness (QED) is 0.576. The number of ether oxygens (including phenoxy) is 1. The van der Waals surface area contributed by atoms with Crippen molar-refractivity contribution in [2.75, 3.05) is 18.9 Å². The van der Waals surface area contributed by atoms with E-state index in [1.807, 2.05) is 0 Å². The lowest BCUT2D eigenvalue weighted by Crippen LogP contribution is -2.28. The van der Waals surface area contributed by atoms with Crippen LogP contribution in [0.4, 0.5) is 5.69 Å². The maximum atomic E-state index is 11.4. The van der Waals surface area contributed by atoms with E-state index >= 15 is 0 Å². The molecule has 0 atom stereocenters. The molecule has 0 saturated carbocycles. The summed E-state index contributed by atoms with van der Waals surface area (Å²) < 4.78 is 4.81. The van der Waals surface area contributed by atoms with Gasteiger partial charge in [0.25, 0.3) is 5.91 Å². The number of nitrogen functional groups attached to an aromatic ring is 1. The predicted octanol–water partition coefficient (Wildman–Crippen LogP) is 0.491. The summed E-state index contributed by atoms with van der Waals surface area (Å²) in [4.78, 5) is 22.4. The van der Waals surface area contributed by atoms with E-state index in [1.54, 1.807) is 31.2 Å². The van der Waals surface area contributed by atoms with E-state index in [0.717, 1.165) is 5.56 Å². The molecule has 0 fully saturated rings. The van der Waals surface area contributed by atoms with Crippen LogP contribution in [0.3, 0.4) is 0 Å². The third kappa shape index (κ3) is 5.01. The van der Waals surface area contributed by atoms with Gasteiger partial charge in [-0.3, -0.25) is 9.59 Å². The smallest absolute Gasteiger partial charge is 0.310 e. The van der Waals surface area contributed by atoms with Crippen molar-refractivity contribution < 1.29 is 14.3 Å². The fraction of sp³-hybridized carbons (Fsp3) is 0.333. The van der Waals surface area contributed by atoms with Crippen LogP contribution in [0.15, 0.2) is 24.3 Å². The number of nitrogens with one attached hydrogen (secondary N) is 1. The number of hydrogen-bond acceptors (Lipinski definition) is 4. The molecule has 0 aliphatic carbocycles. The SMILES string of the molecule is CCNC(=O)COC(=O)Cc1ccc(N)cc1. The molecule has 0 heterocycles. The lowest BCUT2D eigenvalue weighted by Gasteiger charge is -2.05. The second kappa shape index (κ2) is 6.52. The van der Waals surface area contributed by atoms with Crippen LogP contribution in [0.5, 0.6) is 0 Å². The first-order valence-electron chi connectivity index (χ1n) is 5.38. The molecule has 1 aromatic rings. The van der Waals surface area contributed by atoms with Gasteiger partial charge in [0.15, 0.2) is 6.61 Å². The van der Waals surface area contributed by atoms with Gasteiger partial charge < -0.3 is 15.8 Å². The molecule has 1 amide bonds. The van der Waals surface area contributed by atoms with Crippen molar-refractivity contribution in [3.8, 4) is 0 Å². The van der Waals surface area contributed by atoms with Crippen molar-refractivity contribution in [3.05, 3.63) is 29.8 Å².